The molecule has 3 heterocycles. The van der Waals surface area contributed by atoms with Crippen molar-refractivity contribution in [2.24, 2.45) is 0 Å². The van der Waals surface area contributed by atoms with Crippen LogP contribution in [-0.4, -0.2) is 39.4 Å². The van der Waals surface area contributed by atoms with Gasteiger partial charge in [-0.1, -0.05) is 34.6 Å². The van der Waals surface area contributed by atoms with Gasteiger partial charge in [0.25, 0.3) is 5.89 Å². The normalized spacial score (nSPS) is 15.6. The molecule has 0 bridgehead atoms. The van der Waals surface area contributed by atoms with E-state index in [-0.39, 0.29) is 6.10 Å². The minimum absolute atomic E-state index is 0.121. The van der Waals surface area contributed by atoms with Crippen molar-refractivity contribution in [3.05, 3.63) is 59.8 Å². The van der Waals surface area contributed by atoms with Crippen molar-refractivity contribution in [2.75, 3.05) is 14.2 Å². The summed E-state index contributed by atoms with van der Waals surface area (Å²) in [6.07, 6.45) is -0.121. The Hall–Kier alpha value is -3.72. The van der Waals surface area contributed by atoms with E-state index in [1.165, 1.54) is 0 Å². The maximum atomic E-state index is 6.06. The Morgan fingerprint density at radius 3 is 2.67 bits per heavy atom. The van der Waals surface area contributed by atoms with E-state index in [0.717, 1.165) is 22.6 Å². The van der Waals surface area contributed by atoms with Gasteiger partial charge in [0.2, 0.25) is 5.82 Å². The zero-order chi connectivity index (χ0) is 20.5. The van der Waals surface area contributed by atoms with Gasteiger partial charge in [-0.15, -0.1) is 5.10 Å². The fraction of sp³-hybridized carbons (Fsp3) is 0.238. The average Bonchev–Trinajstić information content (AvgIpc) is 3.45. The van der Waals surface area contributed by atoms with Gasteiger partial charge in [0.15, 0.2) is 5.69 Å². The van der Waals surface area contributed by atoms with Gasteiger partial charge in [0.05, 0.1) is 38.6 Å². The van der Waals surface area contributed by atoms with Crippen molar-refractivity contribution >= 4 is 0 Å². The van der Waals surface area contributed by atoms with Crippen LogP contribution in [0.4, 0.5) is 0 Å². The highest BCUT2D eigenvalue weighted by molar-refractivity contribution is 5.65. The Balaban J connectivity index is 1.40. The van der Waals surface area contributed by atoms with Gasteiger partial charge in [0, 0.05) is 0 Å². The number of methoxy groups -OCH3 is 2. The average molecular weight is 405 g/mol. The van der Waals surface area contributed by atoms with E-state index >= 15 is 0 Å². The van der Waals surface area contributed by atoms with E-state index in [4.69, 9.17) is 18.7 Å². The first kappa shape index (κ1) is 18.3. The zero-order valence-corrected chi connectivity index (χ0v) is 16.5. The fourth-order valence-electron chi connectivity index (χ4n) is 3.46. The highest BCUT2D eigenvalue weighted by Crippen LogP contribution is 2.33. The number of fused-ring (bicyclic) bond motifs is 1. The van der Waals surface area contributed by atoms with Crippen LogP contribution in [0.1, 0.15) is 17.4 Å². The number of benzene rings is 2. The molecule has 0 fully saturated rings. The van der Waals surface area contributed by atoms with E-state index in [0.29, 0.717) is 36.3 Å². The minimum Gasteiger partial charge on any atom is -0.497 e. The molecule has 152 valence electrons. The van der Waals surface area contributed by atoms with E-state index in [1.807, 2.05) is 53.2 Å². The lowest BCUT2D eigenvalue weighted by atomic mass is 10.1. The van der Waals surface area contributed by atoms with Crippen molar-refractivity contribution in [3.8, 4) is 34.5 Å². The van der Waals surface area contributed by atoms with Crippen molar-refractivity contribution < 1.29 is 18.7 Å². The van der Waals surface area contributed by atoms with Crippen molar-refractivity contribution in [2.45, 2.75) is 19.3 Å². The molecule has 0 N–H and O–H groups in total. The first-order valence-corrected chi connectivity index (χ1v) is 9.42. The number of aromatic nitrogens is 5. The summed E-state index contributed by atoms with van der Waals surface area (Å²) < 4.78 is 23.9. The molecule has 9 heteroatoms. The van der Waals surface area contributed by atoms with Crippen molar-refractivity contribution in [3.63, 3.8) is 0 Å². The second-order valence-corrected chi connectivity index (χ2v) is 6.76. The largest absolute Gasteiger partial charge is 0.497 e. The summed E-state index contributed by atoms with van der Waals surface area (Å²) in [5, 5.41) is 12.6. The van der Waals surface area contributed by atoms with Gasteiger partial charge in [-0.3, -0.25) is 0 Å². The monoisotopic (exact) mass is 405 g/mol. The standard InChI is InChI=1S/C21H19N5O4/c1-27-14-9-7-13(8-10-14)18-11-26-16(12-29-18)19(23-25-26)21-22-20(24-30-21)15-5-3-4-6-17(15)28-2/h3-10,18H,11-12H2,1-2H3/t18-/m0/s1. The molecule has 0 aliphatic carbocycles. The lowest BCUT2D eigenvalue weighted by Gasteiger charge is -2.24. The van der Waals surface area contributed by atoms with Gasteiger partial charge in [-0.05, 0) is 29.8 Å². The lowest BCUT2D eigenvalue weighted by Crippen LogP contribution is -2.22. The van der Waals surface area contributed by atoms with Crippen LogP contribution in [0, 0.1) is 0 Å². The van der Waals surface area contributed by atoms with Crippen molar-refractivity contribution in [1.82, 2.24) is 25.1 Å². The molecule has 2 aromatic heterocycles. The topological polar surface area (TPSA) is 97.3 Å². The van der Waals surface area contributed by atoms with E-state index in [1.54, 1.807) is 14.2 Å². The molecule has 0 spiro atoms. The molecule has 0 saturated heterocycles. The molecule has 1 aliphatic heterocycles. The lowest BCUT2D eigenvalue weighted by molar-refractivity contribution is -0.00119. The zero-order valence-electron chi connectivity index (χ0n) is 16.5. The fourth-order valence-corrected chi connectivity index (χ4v) is 3.46. The highest BCUT2D eigenvalue weighted by atomic mass is 16.5. The molecule has 2 aromatic carbocycles. The summed E-state index contributed by atoms with van der Waals surface area (Å²) in [7, 11) is 3.25. The predicted molar refractivity (Wildman–Crippen MR) is 106 cm³/mol. The summed E-state index contributed by atoms with van der Waals surface area (Å²) in [5.74, 6) is 2.20. The Morgan fingerprint density at radius 1 is 1.03 bits per heavy atom. The second kappa shape index (κ2) is 7.60. The van der Waals surface area contributed by atoms with Crippen molar-refractivity contribution in [1.29, 1.82) is 0 Å². The number of para-hydroxylation sites is 1. The molecule has 0 unspecified atom stereocenters. The van der Waals surface area contributed by atoms with Gasteiger partial charge in [-0.25, -0.2) is 4.68 Å². The molecule has 1 aliphatic rings. The third kappa shape index (κ3) is 3.18. The van der Waals surface area contributed by atoms with Crippen LogP contribution in [0.15, 0.2) is 53.1 Å². The second-order valence-electron chi connectivity index (χ2n) is 6.76. The number of ether oxygens (including phenoxy) is 3. The number of rotatable bonds is 5. The first-order chi connectivity index (χ1) is 14.8. The molecule has 0 amide bonds. The van der Waals surface area contributed by atoms with Crippen LogP contribution in [0.5, 0.6) is 11.5 Å². The van der Waals surface area contributed by atoms with E-state index < -0.39 is 0 Å². The third-order valence-corrected chi connectivity index (χ3v) is 5.06. The van der Waals surface area contributed by atoms with Gasteiger partial charge < -0.3 is 18.7 Å². The molecule has 1 atom stereocenters. The SMILES string of the molecule is COc1ccc([C@@H]2Cn3nnc(-c4nc(-c5ccccc5OC)no4)c3CO2)cc1. The smallest absolute Gasteiger partial charge is 0.280 e. The molecule has 4 aromatic rings. The summed E-state index contributed by atoms with van der Waals surface area (Å²) in [5.41, 5.74) is 3.12. The molecule has 0 radical (unpaired) electrons. The van der Waals surface area contributed by atoms with E-state index in [9.17, 15) is 0 Å². The Labute approximate surface area is 172 Å². The maximum absolute atomic E-state index is 6.06. The van der Waals surface area contributed by atoms with Gasteiger partial charge in [0.1, 0.15) is 17.6 Å². The van der Waals surface area contributed by atoms with Crippen LogP contribution in [0.2, 0.25) is 0 Å². The Bertz CT molecular complexity index is 1170. The first-order valence-electron chi connectivity index (χ1n) is 9.42. The van der Waals surface area contributed by atoms with Crippen LogP contribution in [0.3, 0.4) is 0 Å². The number of hydrogen-bond acceptors (Lipinski definition) is 8. The number of nitrogens with zero attached hydrogens (tertiary/aromatic N) is 5. The maximum Gasteiger partial charge on any atom is 0.280 e. The van der Waals surface area contributed by atoms with Crippen LogP contribution in [-0.2, 0) is 17.9 Å². The highest BCUT2D eigenvalue weighted by Gasteiger charge is 2.28. The molecule has 30 heavy (non-hydrogen) atoms. The summed E-state index contributed by atoms with van der Waals surface area (Å²) in [6.45, 7) is 0.883. The van der Waals surface area contributed by atoms with Crippen LogP contribution in [0.25, 0.3) is 23.0 Å². The Kier molecular flexibility index (Phi) is 4.64. The summed E-state index contributed by atoms with van der Waals surface area (Å²) in [4.78, 5) is 4.49. The van der Waals surface area contributed by atoms with Gasteiger partial charge >= 0.3 is 0 Å². The molecular formula is C21H19N5O4. The number of hydrogen-bond donors (Lipinski definition) is 0. The summed E-state index contributed by atoms with van der Waals surface area (Å²) in [6, 6.07) is 15.3. The molecule has 0 saturated carbocycles. The predicted octanol–water partition coefficient (Wildman–Crippen LogP) is 3.28. The quantitative estimate of drug-likeness (QED) is 0.499. The molecular weight excluding hydrogens is 386 g/mol. The van der Waals surface area contributed by atoms with E-state index in [2.05, 4.69) is 20.5 Å². The summed E-state index contributed by atoms with van der Waals surface area (Å²) >= 11 is 0. The van der Waals surface area contributed by atoms with Crippen LogP contribution < -0.4 is 9.47 Å². The minimum atomic E-state index is -0.121. The third-order valence-electron chi connectivity index (χ3n) is 5.06. The molecule has 9 nitrogen and oxygen atoms in total. The Morgan fingerprint density at radius 2 is 1.87 bits per heavy atom. The van der Waals surface area contributed by atoms with Crippen LogP contribution >= 0.6 is 0 Å². The van der Waals surface area contributed by atoms with Gasteiger partial charge in [-0.2, -0.15) is 4.98 Å². The molecule has 5 rings (SSSR count).